The van der Waals surface area contributed by atoms with Crippen LogP contribution in [0.25, 0.3) is 0 Å². The third kappa shape index (κ3) is 5.44. The zero-order valence-electron chi connectivity index (χ0n) is 14.0. The van der Waals surface area contributed by atoms with Crippen molar-refractivity contribution >= 4 is 11.6 Å². The van der Waals surface area contributed by atoms with Crippen molar-refractivity contribution in [1.29, 1.82) is 0 Å². The van der Waals surface area contributed by atoms with Gasteiger partial charge in [-0.05, 0) is 49.6 Å². The highest BCUT2D eigenvalue weighted by atomic mass is 16.5. The zero-order valence-corrected chi connectivity index (χ0v) is 14.0. The summed E-state index contributed by atoms with van der Waals surface area (Å²) in [6.45, 7) is 5.45. The van der Waals surface area contributed by atoms with Crippen LogP contribution in [0.3, 0.4) is 0 Å². The van der Waals surface area contributed by atoms with Gasteiger partial charge in [0.25, 0.3) is 0 Å². The SMILES string of the molecule is CCCN(C(=O)CCCOc1ccccc1)c1cccc(C)c1. The maximum absolute atomic E-state index is 12.5. The lowest BCUT2D eigenvalue weighted by Crippen LogP contribution is -2.31. The second-order valence-electron chi connectivity index (χ2n) is 5.65. The van der Waals surface area contributed by atoms with Crippen LogP contribution in [0, 0.1) is 6.92 Å². The van der Waals surface area contributed by atoms with Crippen molar-refractivity contribution < 1.29 is 9.53 Å². The lowest BCUT2D eigenvalue weighted by molar-refractivity contribution is -0.118. The molecule has 2 rings (SSSR count). The summed E-state index contributed by atoms with van der Waals surface area (Å²) in [7, 11) is 0. The Labute approximate surface area is 138 Å². The van der Waals surface area contributed by atoms with E-state index in [0.717, 1.165) is 30.8 Å². The topological polar surface area (TPSA) is 29.5 Å². The Morgan fingerprint density at radius 3 is 2.57 bits per heavy atom. The molecule has 1 amide bonds. The van der Waals surface area contributed by atoms with Crippen LogP contribution in [0.15, 0.2) is 54.6 Å². The number of rotatable bonds is 8. The molecule has 0 N–H and O–H groups in total. The van der Waals surface area contributed by atoms with Crippen LogP contribution in [0.4, 0.5) is 5.69 Å². The molecule has 0 aliphatic heterocycles. The van der Waals surface area contributed by atoms with Crippen molar-refractivity contribution in [3.63, 3.8) is 0 Å². The number of carbonyl (C=O) groups excluding carboxylic acids is 1. The second-order valence-corrected chi connectivity index (χ2v) is 5.65. The third-order valence-corrected chi connectivity index (χ3v) is 3.61. The molecule has 0 aromatic heterocycles. The van der Waals surface area contributed by atoms with Crippen LogP contribution in [0.2, 0.25) is 0 Å². The molecule has 0 heterocycles. The van der Waals surface area contributed by atoms with E-state index in [2.05, 4.69) is 13.0 Å². The van der Waals surface area contributed by atoms with Crippen molar-refractivity contribution in [2.24, 2.45) is 0 Å². The molecule has 0 saturated heterocycles. The standard InChI is InChI=1S/C20H25NO2/c1-3-14-21(18-10-7-9-17(2)16-18)20(22)13-8-15-23-19-11-5-4-6-12-19/h4-7,9-12,16H,3,8,13-15H2,1-2H3. The number of hydrogen-bond acceptors (Lipinski definition) is 2. The Morgan fingerprint density at radius 1 is 1.09 bits per heavy atom. The Morgan fingerprint density at radius 2 is 1.87 bits per heavy atom. The molecule has 0 unspecified atom stereocenters. The molecular formula is C20H25NO2. The number of ether oxygens (including phenoxy) is 1. The summed E-state index contributed by atoms with van der Waals surface area (Å²) in [4.78, 5) is 14.4. The number of amides is 1. The van der Waals surface area contributed by atoms with E-state index in [0.29, 0.717) is 13.0 Å². The third-order valence-electron chi connectivity index (χ3n) is 3.61. The van der Waals surface area contributed by atoms with Crippen LogP contribution in [-0.2, 0) is 4.79 Å². The monoisotopic (exact) mass is 311 g/mol. The van der Waals surface area contributed by atoms with Crippen molar-refractivity contribution in [3.8, 4) is 5.75 Å². The molecule has 0 saturated carbocycles. The van der Waals surface area contributed by atoms with Gasteiger partial charge in [0.2, 0.25) is 5.91 Å². The Hall–Kier alpha value is -2.29. The molecule has 0 aliphatic carbocycles. The summed E-state index contributed by atoms with van der Waals surface area (Å²) in [5.74, 6) is 1.01. The predicted molar refractivity (Wildman–Crippen MR) is 95.0 cm³/mol. The van der Waals surface area contributed by atoms with Gasteiger partial charge in [-0.3, -0.25) is 4.79 Å². The van der Waals surface area contributed by atoms with E-state index in [1.807, 2.05) is 60.4 Å². The van der Waals surface area contributed by atoms with Crippen LogP contribution >= 0.6 is 0 Å². The molecule has 0 spiro atoms. The summed E-state index contributed by atoms with van der Waals surface area (Å²) < 4.78 is 5.65. The lowest BCUT2D eigenvalue weighted by Gasteiger charge is -2.22. The first-order chi connectivity index (χ1) is 11.2. The van der Waals surface area contributed by atoms with E-state index in [9.17, 15) is 4.79 Å². The summed E-state index contributed by atoms with van der Waals surface area (Å²) in [6.07, 6.45) is 2.17. The van der Waals surface area contributed by atoms with E-state index in [1.54, 1.807) is 0 Å². The first-order valence-electron chi connectivity index (χ1n) is 8.25. The molecule has 122 valence electrons. The van der Waals surface area contributed by atoms with Gasteiger partial charge in [0.05, 0.1) is 6.61 Å². The van der Waals surface area contributed by atoms with E-state index in [4.69, 9.17) is 4.74 Å². The summed E-state index contributed by atoms with van der Waals surface area (Å²) in [6, 6.07) is 17.8. The number of carbonyl (C=O) groups is 1. The number of hydrogen-bond donors (Lipinski definition) is 0. The Balaban J connectivity index is 1.86. The zero-order chi connectivity index (χ0) is 16.5. The highest BCUT2D eigenvalue weighted by molar-refractivity contribution is 5.93. The molecule has 3 heteroatoms. The van der Waals surface area contributed by atoms with E-state index < -0.39 is 0 Å². The number of para-hydroxylation sites is 1. The fraction of sp³-hybridized carbons (Fsp3) is 0.350. The summed E-state index contributed by atoms with van der Waals surface area (Å²) in [5.41, 5.74) is 2.16. The molecule has 2 aromatic rings. The minimum absolute atomic E-state index is 0.161. The molecule has 0 radical (unpaired) electrons. The number of benzene rings is 2. The van der Waals surface area contributed by atoms with Crippen molar-refractivity contribution in [1.82, 2.24) is 0 Å². The molecule has 0 fully saturated rings. The van der Waals surface area contributed by atoms with Gasteiger partial charge in [0.1, 0.15) is 5.75 Å². The van der Waals surface area contributed by atoms with Gasteiger partial charge in [0, 0.05) is 18.7 Å². The van der Waals surface area contributed by atoms with Gasteiger partial charge in [-0.1, -0.05) is 37.3 Å². The van der Waals surface area contributed by atoms with E-state index >= 15 is 0 Å². The molecule has 0 aliphatic rings. The normalized spacial score (nSPS) is 10.3. The maximum atomic E-state index is 12.5. The van der Waals surface area contributed by atoms with Gasteiger partial charge in [-0.2, -0.15) is 0 Å². The van der Waals surface area contributed by atoms with Crippen LogP contribution in [0.5, 0.6) is 5.75 Å². The van der Waals surface area contributed by atoms with Crippen LogP contribution in [0.1, 0.15) is 31.7 Å². The summed E-state index contributed by atoms with van der Waals surface area (Å²) >= 11 is 0. The van der Waals surface area contributed by atoms with E-state index in [1.165, 1.54) is 5.56 Å². The van der Waals surface area contributed by atoms with Gasteiger partial charge in [-0.25, -0.2) is 0 Å². The smallest absolute Gasteiger partial charge is 0.227 e. The minimum atomic E-state index is 0.161. The van der Waals surface area contributed by atoms with Gasteiger partial charge in [0.15, 0.2) is 0 Å². The van der Waals surface area contributed by atoms with Gasteiger partial charge in [-0.15, -0.1) is 0 Å². The first kappa shape index (κ1) is 17.1. The van der Waals surface area contributed by atoms with Gasteiger partial charge >= 0.3 is 0 Å². The molecule has 3 nitrogen and oxygen atoms in total. The Bertz CT molecular complexity index is 610. The fourth-order valence-corrected chi connectivity index (χ4v) is 2.48. The number of nitrogens with zero attached hydrogens (tertiary/aromatic N) is 1. The van der Waals surface area contributed by atoms with Crippen molar-refractivity contribution in [3.05, 3.63) is 60.2 Å². The fourth-order valence-electron chi connectivity index (χ4n) is 2.48. The molecular weight excluding hydrogens is 286 g/mol. The average molecular weight is 311 g/mol. The summed E-state index contributed by atoms with van der Waals surface area (Å²) in [5, 5.41) is 0. The second kappa shape index (κ2) is 8.99. The number of anilines is 1. The first-order valence-corrected chi connectivity index (χ1v) is 8.25. The maximum Gasteiger partial charge on any atom is 0.227 e. The highest BCUT2D eigenvalue weighted by Crippen LogP contribution is 2.18. The molecule has 0 atom stereocenters. The van der Waals surface area contributed by atoms with Crippen LogP contribution < -0.4 is 9.64 Å². The minimum Gasteiger partial charge on any atom is -0.494 e. The number of aryl methyl sites for hydroxylation is 1. The average Bonchev–Trinajstić information content (AvgIpc) is 2.57. The van der Waals surface area contributed by atoms with Gasteiger partial charge < -0.3 is 9.64 Å². The van der Waals surface area contributed by atoms with Crippen molar-refractivity contribution in [2.45, 2.75) is 33.1 Å². The van der Waals surface area contributed by atoms with E-state index in [-0.39, 0.29) is 5.91 Å². The lowest BCUT2D eigenvalue weighted by atomic mass is 10.2. The van der Waals surface area contributed by atoms with Crippen molar-refractivity contribution in [2.75, 3.05) is 18.1 Å². The quantitative estimate of drug-likeness (QED) is 0.667. The molecule has 23 heavy (non-hydrogen) atoms. The predicted octanol–water partition coefficient (Wildman–Crippen LogP) is 4.60. The Kier molecular flexibility index (Phi) is 6.67. The molecule has 0 bridgehead atoms. The highest BCUT2D eigenvalue weighted by Gasteiger charge is 2.14. The van der Waals surface area contributed by atoms with Crippen LogP contribution in [-0.4, -0.2) is 19.1 Å². The molecule has 2 aromatic carbocycles. The largest absolute Gasteiger partial charge is 0.494 e.